The number of halogens is 1. The van der Waals surface area contributed by atoms with Gasteiger partial charge in [-0.2, -0.15) is 5.10 Å². The summed E-state index contributed by atoms with van der Waals surface area (Å²) in [6, 6.07) is 15.6. The van der Waals surface area contributed by atoms with E-state index in [9.17, 15) is 4.79 Å². The molecule has 0 fully saturated rings. The summed E-state index contributed by atoms with van der Waals surface area (Å²) in [5.74, 6) is 0.0835. The Morgan fingerprint density at radius 3 is 2.83 bits per heavy atom. The van der Waals surface area contributed by atoms with E-state index in [1.165, 1.54) is 11.8 Å². The minimum absolute atomic E-state index is 0.171. The third-order valence-corrected chi connectivity index (χ3v) is 5.13. The van der Waals surface area contributed by atoms with Crippen molar-refractivity contribution < 1.29 is 4.79 Å². The summed E-state index contributed by atoms with van der Waals surface area (Å²) in [5, 5.41) is 4.79. The first-order chi connectivity index (χ1) is 11.6. The normalized spacial score (nSPS) is 11.2. The molecule has 0 spiro atoms. The van der Waals surface area contributed by atoms with Crippen molar-refractivity contribution in [1.29, 1.82) is 0 Å². The molecule has 1 aromatic heterocycles. The summed E-state index contributed by atoms with van der Waals surface area (Å²) in [6.45, 7) is 0. The zero-order valence-corrected chi connectivity index (χ0v) is 15.3. The Kier molecular flexibility index (Phi) is 5.32. The second kappa shape index (κ2) is 7.63. The smallest absolute Gasteiger partial charge is 0.250 e. The molecule has 1 amide bonds. The highest BCUT2D eigenvalue weighted by molar-refractivity contribution is 9.10. The standard InChI is InChI=1S/C17H15BrN4OS/c1-22-15-9-5-4-8-14(15)20-17(22)24-11-16(23)21-19-10-12-6-2-3-7-13(12)18/h2-10H,11H2,1H3,(H,21,23)/b19-10+. The van der Waals surface area contributed by atoms with Crippen molar-refractivity contribution in [2.24, 2.45) is 12.1 Å². The van der Waals surface area contributed by atoms with Crippen LogP contribution in [0.1, 0.15) is 5.56 Å². The first kappa shape index (κ1) is 16.7. The summed E-state index contributed by atoms with van der Waals surface area (Å²) in [4.78, 5) is 16.4. The van der Waals surface area contributed by atoms with Gasteiger partial charge in [-0.15, -0.1) is 0 Å². The van der Waals surface area contributed by atoms with E-state index < -0.39 is 0 Å². The molecule has 0 atom stereocenters. The number of nitrogens with zero attached hydrogens (tertiary/aromatic N) is 3. The number of carbonyl (C=O) groups excluding carboxylic acids is 1. The van der Waals surface area contributed by atoms with Crippen molar-refractivity contribution in [1.82, 2.24) is 15.0 Å². The van der Waals surface area contributed by atoms with Crippen molar-refractivity contribution in [2.75, 3.05) is 5.75 Å². The maximum atomic E-state index is 11.9. The number of para-hydroxylation sites is 2. The van der Waals surface area contributed by atoms with Crippen molar-refractivity contribution in [3.63, 3.8) is 0 Å². The van der Waals surface area contributed by atoms with Crippen molar-refractivity contribution >= 4 is 50.8 Å². The number of benzene rings is 2. The van der Waals surface area contributed by atoms with E-state index >= 15 is 0 Å². The number of aryl methyl sites for hydroxylation is 1. The van der Waals surface area contributed by atoms with Crippen LogP contribution >= 0.6 is 27.7 Å². The van der Waals surface area contributed by atoms with E-state index in [1.54, 1.807) is 6.21 Å². The second-order valence-electron chi connectivity index (χ2n) is 5.05. The number of fused-ring (bicyclic) bond motifs is 1. The van der Waals surface area contributed by atoms with Gasteiger partial charge in [0.25, 0.3) is 5.91 Å². The van der Waals surface area contributed by atoms with E-state index in [-0.39, 0.29) is 11.7 Å². The SMILES string of the molecule is Cn1c(SCC(=O)N/N=C/c2ccccc2Br)nc2ccccc21. The molecule has 2 aromatic carbocycles. The van der Waals surface area contributed by atoms with Crippen LogP contribution in [-0.4, -0.2) is 27.4 Å². The van der Waals surface area contributed by atoms with E-state index in [0.717, 1.165) is 26.2 Å². The van der Waals surface area contributed by atoms with Crippen molar-refractivity contribution in [3.05, 3.63) is 58.6 Å². The lowest BCUT2D eigenvalue weighted by Crippen LogP contribution is -2.19. The Bertz CT molecular complexity index is 906. The molecule has 1 N–H and O–H groups in total. The lowest BCUT2D eigenvalue weighted by atomic mass is 10.2. The van der Waals surface area contributed by atoms with Crippen molar-refractivity contribution in [3.8, 4) is 0 Å². The van der Waals surface area contributed by atoms with Gasteiger partial charge >= 0.3 is 0 Å². The molecule has 7 heteroatoms. The van der Waals surface area contributed by atoms with Crippen LogP contribution in [0.25, 0.3) is 11.0 Å². The highest BCUT2D eigenvalue weighted by Gasteiger charge is 2.09. The molecular formula is C17H15BrN4OS. The van der Waals surface area contributed by atoms with Crippen LogP contribution in [0.15, 0.2) is 63.3 Å². The number of carbonyl (C=O) groups is 1. The number of rotatable bonds is 5. The fourth-order valence-corrected chi connectivity index (χ4v) is 3.34. The molecule has 122 valence electrons. The van der Waals surface area contributed by atoms with Gasteiger partial charge in [-0.3, -0.25) is 4.79 Å². The molecule has 0 radical (unpaired) electrons. The number of hydrogen-bond acceptors (Lipinski definition) is 4. The molecule has 0 unspecified atom stereocenters. The first-order valence-electron chi connectivity index (χ1n) is 7.26. The zero-order chi connectivity index (χ0) is 16.9. The largest absolute Gasteiger partial charge is 0.322 e. The van der Waals surface area contributed by atoms with E-state index in [4.69, 9.17) is 0 Å². The molecular weight excluding hydrogens is 388 g/mol. The highest BCUT2D eigenvalue weighted by atomic mass is 79.9. The number of hydrogen-bond donors (Lipinski definition) is 1. The second-order valence-corrected chi connectivity index (χ2v) is 6.84. The highest BCUT2D eigenvalue weighted by Crippen LogP contribution is 2.22. The van der Waals surface area contributed by atoms with E-state index in [0.29, 0.717) is 0 Å². The lowest BCUT2D eigenvalue weighted by Gasteiger charge is -2.02. The van der Waals surface area contributed by atoms with Gasteiger partial charge < -0.3 is 4.57 Å². The number of amides is 1. The summed E-state index contributed by atoms with van der Waals surface area (Å²) >= 11 is 4.82. The van der Waals surface area contributed by atoms with Gasteiger partial charge in [0, 0.05) is 17.1 Å². The Hall–Kier alpha value is -2.12. The van der Waals surface area contributed by atoms with E-state index in [2.05, 4.69) is 31.4 Å². The Morgan fingerprint density at radius 2 is 2.04 bits per heavy atom. The van der Waals surface area contributed by atoms with Gasteiger partial charge in [0.2, 0.25) is 0 Å². The molecule has 1 heterocycles. The molecule has 0 saturated carbocycles. The summed E-state index contributed by atoms with van der Waals surface area (Å²) in [7, 11) is 1.95. The topological polar surface area (TPSA) is 59.3 Å². The quantitative estimate of drug-likeness (QED) is 0.403. The summed E-state index contributed by atoms with van der Waals surface area (Å²) in [6.07, 6.45) is 1.61. The Labute approximate surface area is 152 Å². The number of nitrogens with one attached hydrogen (secondary N) is 1. The van der Waals surface area contributed by atoms with Gasteiger partial charge in [0.05, 0.1) is 23.0 Å². The fourth-order valence-electron chi connectivity index (χ4n) is 2.17. The van der Waals surface area contributed by atoms with E-state index in [1.807, 2.05) is 60.1 Å². The predicted molar refractivity (Wildman–Crippen MR) is 101 cm³/mol. The molecule has 0 aliphatic carbocycles. The van der Waals surface area contributed by atoms with Crippen LogP contribution in [0.2, 0.25) is 0 Å². The molecule has 0 aliphatic rings. The van der Waals surface area contributed by atoms with Crippen LogP contribution in [0.3, 0.4) is 0 Å². The lowest BCUT2D eigenvalue weighted by molar-refractivity contribution is -0.118. The Balaban J connectivity index is 1.57. The number of imidazole rings is 1. The summed E-state index contributed by atoms with van der Waals surface area (Å²) in [5.41, 5.74) is 5.41. The zero-order valence-electron chi connectivity index (χ0n) is 12.9. The van der Waals surface area contributed by atoms with Gasteiger partial charge in [0.15, 0.2) is 5.16 Å². The van der Waals surface area contributed by atoms with Gasteiger partial charge in [-0.05, 0) is 18.2 Å². The molecule has 0 aliphatic heterocycles. The number of thioether (sulfide) groups is 1. The minimum Gasteiger partial charge on any atom is -0.322 e. The number of aromatic nitrogens is 2. The van der Waals surface area contributed by atoms with Crippen LogP contribution in [0, 0.1) is 0 Å². The Morgan fingerprint density at radius 1 is 1.29 bits per heavy atom. The van der Waals surface area contributed by atoms with Gasteiger partial charge in [-0.25, -0.2) is 10.4 Å². The molecule has 24 heavy (non-hydrogen) atoms. The molecule has 5 nitrogen and oxygen atoms in total. The number of hydrazone groups is 1. The molecule has 0 saturated heterocycles. The first-order valence-corrected chi connectivity index (χ1v) is 9.03. The summed E-state index contributed by atoms with van der Waals surface area (Å²) < 4.78 is 2.91. The molecule has 3 rings (SSSR count). The maximum Gasteiger partial charge on any atom is 0.250 e. The average Bonchev–Trinajstić information content (AvgIpc) is 2.91. The van der Waals surface area contributed by atoms with Crippen LogP contribution in [0.4, 0.5) is 0 Å². The fraction of sp³-hybridized carbons (Fsp3) is 0.118. The maximum absolute atomic E-state index is 11.9. The molecule has 3 aromatic rings. The van der Waals surface area contributed by atoms with Crippen LogP contribution < -0.4 is 5.43 Å². The monoisotopic (exact) mass is 402 g/mol. The third kappa shape index (κ3) is 3.85. The minimum atomic E-state index is -0.171. The predicted octanol–water partition coefficient (Wildman–Crippen LogP) is 3.58. The van der Waals surface area contributed by atoms with Gasteiger partial charge in [-0.1, -0.05) is 58.0 Å². The van der Waals surface area contributed by atoms with Crippen LogP contribution in [0.5, 0.6) is 0 Å². The van der Waals surface area contributed by atoms with Gasteiger partial charge in [0.1, 0.15) is 0 Å². The molecule has 0 bridgehead atoms. The van der Waals surface area contributed by atoms with Crippen LogP contribution in [-0.2, 0) is 11.8 Å². The van der Waals surface area contributed by atoms with Crippen molar-refractivity contribution in [2.45, 2.75) is 5.16 Å². The third-order valence-electron chi connectivity index (χ3n) is 3.38. The average molecular weight is 403 g/mol.